The molecule has 0 atom stereocenters. The molecule has 6 nitrogen and oxygen atoms in total. The van der Waals surface area contributed by atoms with Crippen LogP contribution in [0.1, 0.15) is 10.4 Å². The van der Waals surface area contributed by atoms with Gasteiger partial charge in [0.1, 0.15) is 0 Å². The number of hydrogen-bond donors (Lipinski definition) is 3. The average molecular weight is 315 g/mol. The summed E-state index contributed by atoms with van der Waals surface area (Å²) in [4.78, 5) is 22.5. The molecule has 0 aliphatic heterocycles. The monoisotopic (exact) mass is 314 g/mol. The van der Waals surface area contributed by atoms with E-state index in [9.17, 15) is 9.90 Å². The fourth-order valence-corrected chi connectivity index (χ4v) is 2.39. The van der Waals surface area contributed by atoms with Crippen LogP contribution in [0.4, 0.5) is 5.95 Å². The third kappa shape index (κ3) is 2.51. The minimum atomic E-state index is -1.06. The number of aromatic carboxylic acids is 1. The second kappa shape index (κ2) is 5.50. The molecule has 0 radical (unpaired) electrons. The van der Waals surface area contributed by atoms with E-state index in [-0.39, 0.29) is 11.5 Å². The summed E-state index contributed by atoms with van der Waals surface area (Å²) >= 11 is 6.16. The maximum Gasteiger partial charge on any atom is 0.337 e. The molecule has 4 N–H and O–H groups in total. The van der Waals surface area contributed by atoms with E-state index >= 15 is 0 Å². The number of nitrogens with one attached hydrogen (secondary N) is 1. The van der Waals surface area contributed by atoms with Crippen LogP contribution in [0, 0.1) is 0 Å². The van der Waals surface area contributed by atoms with E-state index in [1.807, 2.05) is 0 Å². The summed E-state index contributed by atoms with van der Waals surface area (Å²) < 4.78 is 0. The Kier molecular flexibility index (Phi) is 3.52. The maximum absolute atomic E-state index is 11.5. The average Bonchev–Trinajstić information content (AvgIpc) is 2.93. The van der Waals surface area contributed by atoms with Crippen molar-refractivity contribution in [3.8, 4) is 22.6 Å². The molecule has 110 valence electrons. The van der Waals surface area contributed by atoms with Crippen molar-refractivity contribution >= 4 is 23.5 Å². The summed E-state index contributed by atoms with van der Waals surface area (Å²) in [6, 6.07) is 10.2. The molecule has 0 amide bonds. The quantitative estimate of drug-likeness (QED) is 0.689. The molecule has 0 unspecified atom stereocenters. The van der Waals surface area contributed by atoms with E-state index in [1.165, 1.54) is 12.3 Å². The highest BCUT2D eigenvalue weighted by Gasteiger charge is 2.19. The standard InChI is InChI=1S/C15H11ClN4O2/c16-10-4-2-1-3-8(10)13-9(14(21)22)7-12(19-13)11-5-6-18-15(17)20-11/h1-7,19H,(H,21,22)(H2,17,18,20). The summed E-state index contributed by atoms with van der Waals surface area (Å²) in [5, 5.41) is 9.87. The molecule has 0 aliphatic carbocycles. The number of carbonyl (C=O) groups is 1. The summed E-state index contributed by atoms with van der Waals surface area (Å²) in [5.74, 6) is -0.942. The van der Waals surface area contributed by atoms with Crippen LogP contribution in [0.3, 0.4) is 0 Å². The normalized spacial score (nSPS) is 10.6. The van der Waals surface area contributed by atoms with Gasteiger partial charge in [-0.05, 0) is 18.2 Å². The second-order valence-corrected chi connectivity index (χ2v) is 4.96. The number of halogens is 1. The van der Waals surface area contributed by atoms with Crippen molar-refractivity contribution in [3.05, 3.63) is 53.2 Å². The van der Waals surface area contributed by atoms with Crippen LogP contribution in [-0.2, 0) is 0 Å². The summed E-state index contributed by atoms with van der Waals surface area (Å²) in [6.45, 7) is 0. The predicted molar refractivity (Wildman–Crippen MR) is 83.6 cm³/mol. The Morgan fingerprint density at radius 2 is 2.05 bits per heavy atom. The van der Waals surface area contributed by atoms with Crippen LogP contribution >= 0.6 is 11.6 Å². The number of aromatic nitrogens is 3. The Morgan fingerprint density at radius 3 is 2.73 bits per heavy atom. The zero-order valence-corrected chi connectivity index (χ0v) is 12.0. The van der Waals surface area contributed by atoms with Crippen LogP contribution < -0.4 is 5.73 Å². The molecule has 1 aromatic carbocycles. The van der Waals surface area contributed by atoms with Gasteiger partial charge in [-0.3, -0.25) is 0 Å². The van der Waals surface area contributed by atoms with Crippen molar-refractivity contribution in [1.82, 2.24) is 15.0 Å². The molecular formula is C15H11ClN4O2. The van der Waals surface area contributed by atoms with E-state index in [1.54, 1.807) is 30.3 Å². The number of nitrogens with zero attached hydrogens (tertiary/aromatic N) is 2. The van der Waals surface area contributed by atoms with Crippen molar-refractivity contribution in [2.75, 3.05) is 5.73 Å². The Labute approximate surface area is 130 Å². The second-order valence-electron chi connectivity index (χ2n) is 4.56. The number of carboxylic acid groups (broad SMARTS) is 1. The number of hydrogen-bond acceptors (Lipinski definition) is 4. The van der Waals surface area contributed by atoms with Crippen LogP contribution in [0.2, 0.25) is 5.02 Å². The molecular weight excluding hydrogens is 304 g/mol. The third-order valence-corrected chi connectivity index (χ3v) is 3.47. The molecule has 0 saturated heterocycles. The predicted octanol–water partition coefficient (Wildman–Crippen LogP) is 3.07. The highest BCUT2D eigenvalue weighted by molar-refractivity contribution is 6.33. The highest BCUT2D eigenvalue weighted by Crippen LogP contribution is 2.32. The summed E-state index contributed by atoms with van der Waals surface area (Å²) in [6.07, 6.45) is 1.51. The Balaban J connectivity index is 2.19. The van der Waals surface area contributed by atoms with Gasteiger partial charge in [0.05, 0.1) is 22.6 Å². The Morgan fingerprint density at radius 1 is 1.27 bits per heavy atom. The van der Waals surface area contributed by atoms with Crippen LogP contribution in [0.5, 0.6) is 0 Å². The SMILES string of the molecule is Nc1nccc(-c2cc(C(=O)O)c(-c3ccccc3Cl)[nH]2)n1. The van der Waals surface area contributed by atoms with Crippen molar-refractivity contribution in [2.45, 2.75) is 0 Å². The molecule has 22 heavy (non-hydrogen) atoms. The fraction of sp³-hybridized carbons (Fsp3) is 0. The topological polar surface area (TPSA) is 105 Å². The van der Waals surface area contributed by atoms with Crippen LogP contribution in [-0.4, -0.2) is 26.0 Å². The van der Waals surface area contributed by atoms with Crippen LogP contribution in [0.15, 0.2) is 42.6 Å². The number of H-pyrrole nitrogens is 1. The molecule has 0 bridgehead atoms. The van der Waals surface area contributed by atoms with E-state index in [2.05, 4.69) is 15.0 Å². The van der Waals surface area contributed by atoms with Crippen molar-refractivity contribution in [3.63, 3.8) is 0 Å². The number of nitrogens with two attached hydrogens (primary N) is 1. The summed E-state index contributed by atoms with van der Waals surface area (Å²) in [7, 11) is 0. The van der Waals surface area contributed by atoms with E-state index in [0.717, 1.165) is 0 Å². The lowest BCUT2D eigenvalue weighted by Crippen LogP contribution is -1.96. The largest absolute Gasteiger partial charge is 0.478 e. The van der Waals surface area contributed by atoms with Gasteiger partial charge in [0.25, 0.3) is 0 Å². The molecule has 3 rings (SSSR count). The smallest absolute Gasteiger partial charge is 0.337 e. The lowest BCUT2D eigenvalue weighted by molar-refractivity contribution is 0.0698. The van der Waals surface area contributed by atoms with Gasteiger partial charge in [-0.25, -0.2) is 14.8 Å². The van der Waals surface area contributed by atoms with Gasteiger partial charge in [-0.2, -0.15) is 0 Å². The van der Waals surface area contributed by atoms with E-state index < -0.39 is 5.97 Å². The molecule has 0 spiro atoms. The molecule has 0 saturated carbocycles. The molecule has 0 aliphatic rings. The van der Waals surface area contributed by atoms with Gasteiger partial charge in [0.15, 0.2) is 0 Å². The van der Waals surface area contributed by atoms with Crippen molar-refractivity contribution in [1.29, 1.82) is 0 Å². The minimum absolute atomic E-state index is 0.111. The van der Waals surface area contributed by atoms with Crippen molar-refractivity contribution in [2.24, 2.45) is 0 Å². The number of aromatic amines is 1. The first-order valence-electron chi connectivity index (χ1n) is 6.36. The van der Waals surface area contributed by atoms with Crippen molar-refractivity contribution < 1.29 is 9.90 Å². The highest BCUT2D eigenvalue weighted by atomic mass is 35.5. The zero-order chi connectivity index (χ0) is 15.7. The number of nitrogen functional groups attached to an aromatic ring is 1. The Bertz CT molecular complexity index is 860. The summed E-state index contributed by atoms with van der Waals surface area (Å²) in [5.41, 5.74) is 7.74. The van der Waals surface area contributed by atoms with Gasteiger partial charge in [-0.15, -0.1) is 0 Å². The first-order chi connectivity index (χ1) is 10.6. The maximum atomic E-state index is 11.5. The number of carboxylic acids is 1. The van der Waals surface area contributed by atoms with Gasteiger partial charge < -0.3 is 15.8 Å². The van der Waals surface area contributed by atoms with Crippen LogP contribution in [0.25, 0.3) is 22.6 Å². The first kappa shape index (κ1) is 14.1. The van der Waals surface area contributed by atoms with Gasteiger partial charge in [0, 0.05) is 16.8 Å². The lowest BCUT2D eigenvalue weighted by atomic mass is 10.1. The molecule has 0 fully saturated rings. The molecule has 2 aromatic heterocycles. The molecule has 3 aromatic rings. The number of benzene rings is 1. The lowest BCUT2D eigenvalue weighted by Gasteiger charge is -2.03. The number of anilines is 1. The zero-order valence-electron chi connectivity index (χ0n) is 11.2. The van der Waals surface area contributed by atoms with Gasteiger partial charge >= 0.3 is 5.97 Å². The first-order valence-corrected chi connectivity index (χ1v) is 6.74. The minimum Gasteiger partial charge on any atom is -0.478 e. The third-order valence-electron chi connectivity index (χ3n) is 3.14. The van der Waals surface area contributed by atoms with E-state index in [0.29, 0.717) is 27.7 Å². The van der Waals surface area contributed by atoms with E-state index in [4.69, 9.17) is 17.3 Å². The fourth-order valence-electron chi connectivity index (χ4n) is 2.16. The molecule has 2 heterocycles. The van der Waals surface area contributed by atoms with Gasteiger partial charge in [0.2, 0.25) is 5.95 Å². The Hall–Kier alpha value is -2.86. The van der Waals surface area contributed by atoms with Gasteiger partial charge in [-0.1, -0.05) is 29.8 Å². The molecule has 7 heteroatoms. The number of rotatable bonds is 3.